The number of nitriles is 1. The molecule has 0 bridgehead atoms. The van der Waals surface area contributed by atoms with Crippen molar-refractivity contribution in [1.29, 1.82) is 5.26 Å². The van der Waals surface area contributed by atoms with Gasteiger partial charge in [0.1, 0.15) is 5.54 Å². The summed E-state index contributed by atoms with van der Waals surface area (Å²) in [5.41, 5.74) is 0.0687. The molecule has 16 heavy (non-hydrogen) atoms. The molecule has 2 aliphatic carbocycles. The molecule has 0 aromatic rings. The molecule has 0 radical (unpaired) electrons. The second kappa shape index (κ2) is 4.04. The number of rotatable bonds is 2. The Morgan fingerprint density at radius 1 is 1.25 bits per heavy atom. The molecule has 0 aromatic carbocycles. The third kappa shape index (κ3) is 2.11. The molecular formula is C14H24N2. The van der Waals surface area contributed by atoms with Crippen molar-refractivity contribution < 1.29 is 0 Å². The molecular weight excluding hydrogens is 196 g/mol. The SMILES string of the molecule is CC1CC(C)(C)CC1(C#N)NC1CCCC1. The lowest BCUT2D eigenvalue weighted by molar-refractivity contribution is 0.286. The monoisotopic (exact) mass is 220 g/mol. The zero-order valence-corrected chi connectivity index (χ0v) is 10.8. The van der Waals surface area contributed by atoms with Gasteiger partial charge in [0.15, 0.2) is 0 Å². The van der Waals surface area contributed by atoms with E-state index in [0.717, 1.165) is 6.42 Å². The Morgan fingerprint density at radius 3 is 2.31 bits per heavy atom. The molecule has 2 unspecified atom stereocenters. The van der Waals surface area contributed by atoms with Gasteiger partial charge in [-0.3, -0.25) is 5.32 Å². The van der Waals surface area contributed by atoms with Crippen molar-refractivity contribution >= 4 is 0 Å². The zero-order chi connectivity index (χ0) is 11.8. The van der Waals surface area contributed by atoms with Crippen molar-refractivity contribution in [3.05, 3.63) is 0 Å². The van der Waals surface area contributed by atoms with Crippen molar-refractivity contribution in [1.82, 2.24) is 5.32 Å². The highest BCUT2D eigenvalue weighted by molar-refractivity contribution is 5.17. The minimum atomic E-state index is -0.251. The molecule has 0 aliphatic heterocycles. The Morgan fingerprint density at radius 2 is 1.88 bits per heavy atom. The second-order valence-electron chi connectivity index (χ2n) is 6.66. The highest BCUT2D eigenvalue weighted by atomic mass is 15.0. The van der Waals surface area contributed by atoms with Crippen molar-refractivity contribution in [3.63, 3.8) is 0 Å². The predicted molar refractivity (Wildman–Crippen MR) is 65.9 cm³/mol. The summed E-state index contributed by atoms with van der Waals surface area (Å²) in [7, 11) is 0. The van der Waals surface area contributed by atoms with Crippen LogP contribution in [0.2, 0.25) is 0 Å². The maximum absolute atomic E-state index is 9.57. The van der Waals surface area contributed by atoms with E-state index in [1.807, 2.05) is 0 Å². The fourth-order valence-electron chi connectivity index (χ4n) is 3.81. The predicted octanol–water partition coefficient (Wildman–Crippen LogP) is 3.24. The van der Waals surface area contributed by atoms with Gasteiger partial charge in [0, 0.05) is 6.04 Å². The van der Waals surface area contributed by atoms with Crippen molar-refractivity contribution in [3.8, 4) is 6.07 Å². The molecule has 0 aromatic heterocycles. The normalized spacial score (nSPS) is 38.8. The van der Waals surface area contributed by atoms with Crippen LogP contribution >= 0.6 is 0 Å². The molecule has 2 fully saturated rings. The second-order valence-corrected chi connectivity index (χ2v) is 6.66. The molecule has 0 amide bonds. The van der Waals surface area contributed by atoms with E-state index in [1.165, 1.54) is 32.1 Å². The van der Waals surface area contributed by atoms with Gasteiger partial charge in [0.2, 0.25) is 0 Å². The van der Waals surface area contributed by atoms with Gasteiger partial charge in [-0.2, -0.15) is 5.26 Å². The van der Waals surface area contributed by atoms with Gasteiger partial charge in [-0.1, -0.05) is 33.6 Å². The van der Waals surface area contributed by atoms with Crippen LogP contribution in [-0.2, 0) is 0 Å². The summed E-state index contributed by atoms with van der Waals surface area (Å²) in [4.78, 5) is 0. The lowest BCUT2D eigenvalue weighted by Gasteiger charge is -2.31. The van der Waals surface area contributed by atoms with Crippen LogP contribution in [0.25, 0.3) is 0 Å². The fraction of sp³-hybridized carbons (Fsp3) is 0.929. The average molecular weight is 220 g/mol. The molecule has 2 aliphatic rings. The van der Waals surface area contributed by atoms with Gasteiger partial charge in [0.05, 0.1) is 6.07 Å². The highest BCUT2D eigenvalue weighted by Gasteiger charge is 2.49. The zero-order valence-electron chi connectivity index (χ0n) is 10.8. The van der Waals surface area contributed by atoms with Gasteiger partial charge in [0.25, 0.3) is 0 Å². The van der Waals surface area contributed by atoms with E-state index in [9.17, 15) is 5.26 Å². The summed E-state index contributed by atoms with van der Waals surface area (Å²) in [5, 5.41) is 13.3. The lowest BCUT2D eigenvalue weighted by atomic mass is 9.86. The van der Waals surface area contributed by atoms with Gasteiger partial charge < -0.3 is 0 Å². The molecule has 2 heteroatoms. The van der Waals surface area contributed by atoms with E-state index in [4.69, 9.17) is 0 Å². The largest absolute Gasteiger partial charge is 0.296 e. The molecule has 90 valence electrons. The van der Waals surface area contributed by atoms with Crippen LogP contribution in [0, 0.1) is 22.7 Å². The number of hydrogen-bond acceptors (Lipinski definition) is 2. The first-order valence-corrected chi connectivity index (χ1v) is 6.66. The summed E-state index contributed by atoms with van der Waals surface area (Å²) in [6.07, 6.45) is 7.36. The van der Waals surface area contributed by atoms with Crippen molar-refractivity contribution in [2.24, 2.45) is 11.3 Å². The minimum absolute atomic E-state index is 0.251. The fourth-order valence-corrected chi connectivity index (χ4v) is 3.81. The van der Waals surface area contributed by atoms with Crippen LogP contribution in [-0.4, -0.2) is 11.6 Å². The third-order valence-electron chi connectivity index (χ3n) is 4.47. The van der Waals surface area contributed by atoms with Crippen LogP contribution in [0.4, 0.5) is 0 Å². The first kappa shape index (κ1) is 11.9. The quantitative estimate of drug-likeness (QED) is 0.775. The summed E-state index contributed by atoms with van der Waals surface area (Å²) < 4.78 is 0. The lowest BCUT2D eigenvalue weighted by Crippen LogP contribution is -2.50. The Kier molecular flexibility index (Phi) is 3.01. The van der Waals surface area contributed by atoms with Crippen LogP contribution in [0.5, 0.6) is 0 Å². The van der Waals surface area contributed by atoms with Crippen molar-refractivity contribution in [2.45, 2.75) is 70.9 Å². The summed E-state index contributed by atoms with van der Waals surface area (Å²) in [6.45, 7) is 6.82. The maximum atomic E-state index is 9.57. The molecule has 0 saturated heterocycles. The molecule has 2 atom stereocenters. The minimum Gasteiger partial charge on any atom is -0.296 e. The van der Waals surface area contributed by atoms with Gasteiger partial charge in [-0.05, 0) is 37.0 Å². The van der Waals surface area contributed by atoms with Crippen LogP contribution in [0.15, 0.2) is 0 Å². The molecule has 2 rings (SSSR count). The van der Waals surface area contributed by atoms with E-state index in [-0.39, 0.29) is 5.54 Å². The van der Waals surface area contributed by atoms with E-state index in [2.05, 4.69) is 32.2 Å². The van der Waals surface area contributed by atoms with Crippen LogP contribution in [0.3, 0.4) is 0 Å². The number of nitrogens with one attached hydrogen (secondary N) is 1. The molecule has 1 N–H and O–H groups in total. The Labute approximate surface area is 99.4 Å². The van der Waals surface area contributed by atoms with E-state index in [0.29, 0.717) is 17.4 Å². The molecule has 2 nitrogen and oxygen atoms in total. The molecule has 0 spiro atoms. The summed E-state index contributed by atoms with van der Waals surface area (Å²) in [5.74, 6) is 0.480. The number of hydrogen-bond donors (Lipinski definition) is 1. The standard InChI is InChI=1S/C14H24N2/c1-11-8-13(2,3)9-14(11,10-15)16-12-6-4-5-7-12/h11-12,16H,4-9H2,1-3H3. The molecule has 0 heterocycles. The van der Waals surface area contributed by atoms with Gasteiger partial charge in [-0.25, -0.2) is 0 Å². The van der Waals surface area contributed by atoms with E-state index >= 15 is 0 Å². The first-order chi connectivity index (χ1) is 7.47. The summed E-state index contributed by atoms with van der Waals surface area (Å²) in [6, 6.07) is 3.19. The van der Waals surface area contributed by atoms with Gasteiger partial charge in [-0.15, -0.1) is 0 Å². The highest BCUT2D eigenvalue weighted by Crippen LogP contribution is 2.47. The van der Waals surface area contributed by atoms with Crippen LogP contribution in [0.1, 0.15) is 59.3 Å². The Hall–Kier alpha value is -0.550. The van der Waals surface area contributed by atoms with E-state index < -0.39 is 0 Å². The van der Waals surface area contributed by atoms with Crippen LogP contribution < -0.4 is 5.32 Å². The number of nitrogens with zero attached hydrogens (tertiary/aromatic N) is 1. The summed E-state index contributed by atoms with van der Waals surface area (Å²) >= 11 is 0. The van der Waals surface area contributed by atoms with E-state index in [1.54, 1.807) is 0 Å². The topological polar surface area (TPSA) is 35.8 Å². The molecule has 2 saturated carbocycles. The smallest absolute Gasteiger partial charge is 0.110 e. The van der Waals surface area contributed by atoms with Gasteiger partial charge >= 0.3 is 0 Å². The third-order valence-corrected chi connectivity index (χ3v) is 4.47. The first-order valence-electron chi connectivity index (χ1n) is 6.66. The average Bonchev–Trinajstić information content (AvgIpc) is 2.74. The maximum Gasteiger partial charge on any atom is 0.110 e. The Bertz CT molecular complexity index is 296. The Balaban J connectivity index is 2.10. The van der Waals surface area contributed by atoms with Crippen molar-refractivity contribution in [2.75, 3.05) is 0 Å².